The number of nitrogens with two attached hydrogens (primary N) is 1. The van der Waals surface area contributed by atoms with E-state index in [0.717, 1.165) is 52.1 Å². The Kier molecular flexibility index (Phi) is 9.74. The molecule has 0 aromatic rings. The van der Waals surface area contributed by atoms with Gasteiger partial charge in [0, 0.05) is 18.7 Å². The van der Waals surface area contributed by atoms with Crippen molar-refractivity contribution in [3.63, 3.8) is 0 Å². The fraction of sp³-hybridized carbons (Fsp3) is 1.00. The molecule has 4 nitrogen and oxygen atoms in total. The summed E-state index contributed by atoms with van der Waals surface area (Å²) in [5.74, 6) is 0. The number of hydrogen-bond donors (Lipinski definition) is 2. The van der Waals surface area contributed by atoms with Crippen molar-refractivity contribution in [2.24, 2.45) is 5.73 Å². The van der Waals surface area contributed by atoms with Crippen molar-refractivity contribution in [3.8, 4) is 0 Å². The van der Waals surface area contributed by atoms with Gasteiger partial charge in [0.05, 0.1) is 13.2 Å². The van der Waals surface area contributed by atoms with E-state index in [1.807, 2.05) is 13.8 Å². The third kappa shape index (κ3) is 9.53. The van der Waals surface area contributed by atoms with E-state index in [1.165, 1.54) is 0 Å². The molecule has 0 saturated heterocycles. The van der Waals surface area contributed by atoms with Crippen LogP contribution in [0.15, 0.2) is 0 Å². The number of hydrogen-bond acceptors (Lipinski definition) is 4. The van der Waals surface area contributed by atoms with Gasteiger partial charge < -0.3 is 20.5 Å². The number of nitrogens with zero attached hydrogens (tertiary/aromatic N) is 1. The first kappa shape index (κ1) is 16.8. The minimum absolute atomic E-state index is 0.0643. The summed E-state index contributed by atoms with van der Waals surface area (Å²) in [6.07, 6.45) is 3.08. The molecule has 0 rings (SSSR count). The molecule has 3 N–H and O–H groups in total. The normalized spacial score (nSPS) is 15.2. The van der Waals surface area contributed by atoms with E-state index in [1.54, 1.807) is 0 Å². The second-order valence-electron chi connectivity index (χ2n) is 4.90. The topological polar surface area (TPSA) is 58.7 Å². The van der Waals surface area contributed by atoms with Gasteiger partial charge in [-0.15, -0.1) is 0 Å². The van der Waals surface area contributed by atoms with Gasteiger partial charge in [0.25, 0.3) is 0 Å². The first-order valence-electron chi connectivity index (χ1n) is 6.75. The van der Waals surface area contributed by atoms with Gasteiger partial charge in [-0.05, 0) is 39.8 Å². The van der Waals surface area contributed by atoms with Crippen molar-refractivity contribution in [3.05, 3.63) is 0 Å². The molecule has 0 bridgehead atoms. The zero-order valence-electron chi connectivity index (χ0n) is 11.7. The molecule has 1 atom stereocenters. The molecule has 0 fully saturated rings. The van der Waals surface area contributed by atoms with Gasteiger partial charge in [0.15, 0.2) is 0 Å². The smallest absolute Gasteiger partial charge is 0.0608 e. The molecular formula is C13H30N2O2. The Bertz CT molecular complexity index is 175. The molecule has 0 aromatic carbocycles. The number of rotatable bonds is 11. The van der Waals surface area contributed by atoms with Crippen molar-refractivity contribution in [2.45, 2.75) is 45.6 Å². The standard InChI is InChI=1S/C13H30N2O2/c1-4-15(10-11-17-5-2)9-7-6-8-13(3,14)12-16/h16H,4-12,14H2,1-3H3. The first-order chi connectivity index (χ1) is 8.05. The van der Waals surface area contributed by atoms with E-state index in [-0.39, 0.29) is 6.61 Å². The Hall–Kier alpha value is -0.160. The molecule has 0 spiro atoms. The third-order valence-corrected chi connectivity index (χ3v) is 3.04. The SMILES string of the molecule is CCOCCN(CC)CCCCC(C)(N)CO. The van der Waals surface area contributed by atoms with Crippen LogP contribution in [0.1, 0.15) is 40.0 Å². The highest BCUT2D eigenvalue weighted by Crippen LogP contribution is 2.10. The van der Waals surface area contributed by atoms with E-state index >= 15 is 0 Å². The fourth-order valence-corrected chi connectivity index (χ4v) is 1.71. The molecule has 1 unspecified atom stereocenters. The van der Waals surface area contributed by atoms with Crippen LogP contribution in [-0.2, 0) is 4.74 Å². The highest BCUT2D eigenvalue weighted by atomic mass is 16.5. The van der Waals surface area contributed by atoms with Crippen molar-refractivity contribution < 1.29 is 9.84 Å². The number of aliphatic hydroxyl groups excluding tert-OH is 1. The molecule has 17 heavy (non-hydrogen) atoms. The largest absolute Gasteiger partial charge is 0.394 e. The van der Waals surface area contributed by atoms with Crippen LogP contribution in [-0.4, -0.2) is 55.0 Å². The van der Waals surface area contributed by atoms with Gasteiger partial charge in [-0.3, -0.25) is 0 Å². The lowest BCUT2D eigenvalue weighted by Gasteiger charge is -2.23. The number of unbranched alkanes of at least 4 members (excludes halogenated alkanes) is 1. The van der Waals surface area contributed by atoms with Crippen molar-refractivity contribution >= 4 is 0 Å². The molecule has 0 aliphatic heterocycles. The van der Waals surface area contributed by atoms with E-state index in [4.69, 9.17) is 15.6 Å². The Morgan fingerprint density at radius 1 is 1.24 bits per heavy atom. The lowest BCUT2D eigenvalue weighted by Crippen LogP contribution is -2.40. The molecule has 0 amide bonds. The number of aliphatic hydroxyl groups is 1. The van der Waals surface area contributed by atoms with Crippen LogP contribution in [0.2, 0.25) is 0 Å². The van der Waals surface area contributed by atoms with E-state index < -0.39 is 5.54 Å². The van der Waals surface area contributed by atoms with Crippen molar-refractivity contribution in [2.75, 3.05) is 39.5 Å². The number of ether oxygens (including phenoxy) is 1. The third-order valence-electron chi connectivity index (χ3n) is 3.04. The average Bonchev–Trinajstić information content (AvgIpc) is 2.32. The highest BCUT2D eigenvalue weighted by molar-refractivity contribution is 4.76. The zero-order valence-corrected chi connectivity index (χ0v) is 11.7. The maximum atomic E-state index is 9.04. The Balaban J connectivity index is 3.56. The predicted molar refractivity (Wildman–Crippen MR) is 72.1 cm³/mol. The zero-order chi connectivity index (χ0) is 13.1. The van der Waals surface area contributed by atoms with E-state index in [2.05, 4.69) is 11.8 Å². The summed E-state index contributed by atoms with van der Waals surface area (Å²) in [7, 11) is 0. The molecule has 0 saturated carbocycles. The molecule has 0 aliphatic carbocycles. The molecule has 0 aromatic heterocycles. The predicted octanol–water partition coefficient (Wildman–Crippen LogP) is 1.22. The van der Waals surface area contributed by atoms with Gasteiger partial charge in [-0.1, -0.05) is 13.3 Å². The summed E-state index contributed by atoms with van der Waals surface area (Å²) in [5.41, 5.74) is 5.47. The lowest BCUT2D eigenvalue weighted by atomic mass is 9.97. The summed E-state index contributed by atoms with van der Waals surface area (Å²) < 4.78 is 5.35. The van der Waals surface area contributed by atoms with Crippen LogP contribution in [0.5, 0.6) is 0 Å². The summed E-state index contributed by atoms with van der Waals surface area (Å²) in [4.78, 5) is 2.39. The molecule has 104 valence electrons. The maximum Gasteiger partial charge on any atom is 0.0608 e. The van der Waals surface area contributed by atoms with Gasteiger partial charge in [-0.2, -0.15) is 0 Å². The summed E-state index contributed by atoms with van der Waals surface area (Å²) in [6, 6.07) is 0. The molecular weight excluding hydrogens is 216 g/mol. The fourth-order valence-electron chi connectivity index (χ4n) is 1.71. The van der Waals surface area contributed by atoms with Gasteiger partial charge >= 0.3 is 0 Å². The van der Waals surface area contributed by atoms with Gasteiger partial charge in [-0.25, -0.2) is 0 Å². The van der Waals surface area contributed by atoms with E-state index in [0.29, 0.717) is 0 Å². The summed E-state index contributed by atoms with van der Waals surface area (Å²) >= 11 is 0. The molecule has 0 heterocycles. The summed E-state index contributed by atoms with van der Waals surface area (Å²) in [5, 5.41) is 9.04. The van der Waals surface area contributed by atoms with Gasteiger partial charge in [0.1, 0.15) is 0 Å². The first-order valence-corrected chi connectivity index (χ1v) is 6.75. The molecule has 0 radical (unpaired) electrons. The van der Waals surface area contributed by atoms with Crippen LogP contribution < -0.4 is 5.73 Å². The molecule has 0 aliphatic rings. The van der Waals surface area contributed by atoms with Crippen LogP contribution in [0.3, 0.4) is 0 Å². The Morgan fingerprint density at radius 3 is 2.47 bits per heavy atom. The Morgan fingerprint density at radius 2 is 1.94 bits per heavy atom. The quantitative estimate of drug-likeness (QED) is 0.538. The van der Waals surface area contributed by atoms with Crippen molar-refractivity contribution in [1.29, 1.82) is 0 Å². The second kappa shape index (κ2) is 9.83. The number of likely N-dealkylation sites (N-methyl/N-ethyl adjacent to an activating group) is 1. The van der Waals surface area contributed by atoms with Crippen LogP contribution in [0.4, 0.5) is 0 Å². The van der Waals surface area contributed by atoms with Gasteiger partial charge in [0.2, 0.25) is 0 Å². The monoisotopic (exact) mass is 246 g/mol. The second-order valence-corrected chi connectivity index (χ2v) is 4.90. The van der Waals surface area contributed by atoms with Crippen LogP contribution >= 0.6 is 0 Å². The van der Waals surface area contributed by atoms with Crippen LogP contribution in [0, 0.1) is 0 Å². The maximum absolute atomic E-state index is 9.04. The van der Waals surface area contributed by atoms with Crippen LogP contribution in [0.25, 0.3) is 0 Å². The minimum Gasteiger partial charge on any atom is -0.394 e. The molecule has 4 heteroatoms. The summed E-state index contributed by atoms with van der Waals surface area (Å²) in [6.45, 7) is 10.9. The van der Waals surface area contributed by atoms with E-state index in [9.17, 15) is 0 Å². The Labute approximate surface area is 106 Å². The highest BCUT2D eigenvalue weighted by Gasteiger charge is 2.15. The lowest BCUT2D eigenvalue weighted by molar-refractivity contribution is 0.114. The minimum atomic E-state index is -0.414. The average molecular weight is 246 g/mol. The van der Waals surface area contributed by atoms with Crippen molar-refractivity contribution in [1.82, 2.24) is 4.90 Å².